The standard InChI is InChI=1S/C12H16ClN/c1-10(4-3-9-14-2)11-5-7-12(13)8-6-11/h4-8,14H,3,9H2,1-2H3. The number of rotatable bonds is 4. The van der Waals surface area contributed by atoms with Crippen LogP contribution in [0, 0.1) is 0 Å². The van der Waals surface area contributed by atoms with E-state index in [1.165, 1.54) is 11.1 Å². The summed E-state index contributed by atoms with van der Waals surface area (Å²) in [4.78, 5) is 0. The van der Waals surface area contributed by atoms with Crippen molar-refractivity contribution in [2.75, 3.05) is 13.6 Å². The maximum Gasteiger partial charge on any atom is 0.0406 e. The zero-order chi connectivity index (χ0) is 10.4. The van der Waals surface area contributed by atoms with Crippen LogP contribution >= 0.6 is 11.6 Å². The van der Waals surface area contributed by atoms with Gasteiger partial charge in [0.1, 0.15) is 0 Å². The highest BCUT2D eigenvalue weighted by molar-refractivity contribution is 6.30. The van der Waals surface area contributed by atoms with Gasteiger partial charge in [-0.05, 0) is 50.2 Å². The van der Waals surface area contributed by atoms with Crippen molar-refractivity contribution in [3.05, 3.63) is 40.9 Å². The lowest BCUT2D eigenvalue weighted by molar-refractivity contribution is 0.808. The molecule has 1 nitrogen and oxygen atoms in total. The van der Waals surface area contributed by atoms with E-state index in [0.29, 0.717) is 0 Å². The average Bonchev–Trinajstić information content (AvgIpc) is 2.19. The van der Waals surface area contributed by atoms with Crippen molar-refractivity contribution in [1.29, 1.82) is 0 Å². The summed E-state index contributed by atoms with van der Waals surface area (Å²) in [6, 6.07) is 7.94. The Morgan fingerprint density at radius 3 is 2.57 bits per heavy atom. The van der Waals surface area contributed by atoms with Crippen LogP contribution in [-0.2, 0) is 0 Å². The van der Waals surface area contributed by atoms with E-state index in [2.05, 4.69) is 18.3 Å². The molecule has 0 saturated heterocycles. The molecule has 0 bridgehead atoms. The van der Waals surface area contributed by atoms with E-state index in [-0.39, 0.29) is 0 Å². The fraction of sp³-hybridized carbons (Fsp3) is 0.333. The van der Waals surface area contributed by atoms with Crippen LogP contribution in [0.4, 0.5) is 0 Å². The maximum absolute atomic E-state index is 5.81. The Labute approximate surface area is 90.8 Å². The fourth-order valence-electron chi connectivity index (χ4n) is 1.26. The van der Waals surface area contributed by atoms with Crippen molar-refractivity contribution in [3.8, 4) is 0 Å². The molecule has 0 aliphatic carbocycles. The summed E-state index contributed by atoms with van der Waals surface area (Å²) in [6.45, 7) is 3.14. The monoisotopic (exact) mass is 209 g/mol. The van der Waals surface area contributed by atoms with Gasteiger partial charge in [-0.3, -0.25) is 0 Å². The minimum atomic E-state index is 0.789. The minimum absolute atomic E-state index is 0.789. The zero-order valence-electron chi connectivity index (χ0n) is 8.68. The Kier molecular flexibility index (Phi) is 4.71. The molecule has 1 aromatic rings. The molecule has 0 amide bonds. The SMILES string of the molecule is CNCCC=C(C)c1ccc(Cl)cc1. The summed E-state index contributed by atoms with van der Waals surface area (Å²) in [6.07, 6.45) is 3.30. The predicted octanol–water partition coefficient (Wildman–Crippen LogP) is 3.35. The van der Waals surface area contributed by atoms with E-state index < -0.39 is 0 Å². The van der Waals surface area contributed by atoms with Gasteiger partial charge in [0.2, 0.25) is 0 Å². The van der Waals surface area contributed by atoms with E-state index in [4.69, 9.17) is 11.6 Å². The topological polar surface area (TPSA) is 12.0 Å². The van der Waals surface area contributed by atoms with Gasteiger partial charge >= 0.3 is 0 Å². The highest BCUT2D eigenvalue weighted by Gasteiger charge is 1.94. The van der Waals surface area contributed by atoms with E-state index in [1.54, 1.807) is 0 Å². The molecular formula is C12H16ClN. The molecule has 0 aliphatic rings. The van der Waals surface area contributed by atoms with Crippen molar-refractivity contribution in [1.82, 2.24) is 5.32 Å². The van der Waals surface area contributed by atoms with Gasteiger partial charge in [-0.2, -0.15) is 0 Å². The van der Waals surface area contributed by atoms with Gasteiger partial charge in [-0.15, -0.1) is 0 Å². The summed E-state index contributed by atoms with van der Waals surface area (Å²) in [7, 11) is 1.96. The summed E-state index contributed by atoms with van der Waals surface area (Å²) in [5.41, 5.74) is 2.54. The first kappa shape index (κ1) is 11.3. The molecule has 14 heavy (non-hydrogen) atoms. The molecular weight excluding hydrogens is 194 g/mol. The molecule has 0 spiro atoms. The summed E-state index contributed by atoms with van der Waals surface area (Å²) in [5, 5.41) is 3.91. The second-order valence-electron chi connectivity index (χ2n) is 3.29. The molecule has 0 aromatic heterocycles. The summed E-state index contributed by atoms with van der Waals surface area (Å²) >= 11 is 5.81. The van der Waals surface area contributed by atoms with Crippen LogP contribution in [-0.4, -0.2) is 13.6 Å². The average molecular weight is 210 g/mol. The van der Waals surface area contributed by atoms with Crippen molar-refractivity contribution in [2.24, 2.45) is 0 Å². The van der Waals surface area contributed by atoms with Crippen molar-refractivity contribution >= 4 is 17.2 Å². The van der Waals surface area contributed by atoms with Crippen LogP contribution in [0.1, 0.15) is 18.9 Å². The smallest absolute Gasteiger partial charge is 0.0406 e. The molecule has 0 unspecified atom stereocenters. The minimum Gasteiger partial charge on any atom is -0.319 e. The number of hydrogen-bond acceptors (Lipinski definition) is 1. The molecule has 0 aliphatic heterocycles. The molecule has 1 aromatic carbocycles. The quantitative estimate of drug-likeness (QED) is 0.750. The van der Waals surface area contributed by atoms with Gasteiger partial charge in [0, 0.05) is 5.02 Å². The van der Waals surface area contributed by atoms with Gasteiger partial charge in [-0.1, -0.05) is 29.8 Å². The van der Waals surface area contributed by atoms with E-state index in [0.717, 1.165) is 18.0 Å². The lowest BCUT2D eigenvalue weighted by Gasteiger charge is -2.01. The van der Waals surface area contributed by atoms with Gasteiger partial charge in [0.15, 0.2) is 0 Å². The van der Waals surface area contributed by atoms with Crippen LogP contribution in [0.25, 0.3) is 5.57 Å². The van der Waals surface area contributed by atoms with Crippen LogP contribution < -0.4 is 5.32 Å². The molecule has 0 radical (unpaired) electrons. The lowest BCUT2D eigenvalue weighted by Crippen LogP contribution is -2.05. The Hall–Kier alpha value is -0.790. The normalized spacial score (nSPS) is 11.8. The molecule has 0 fully saturated rings. The third-order valence-corrected chi connectivity index (χ3v) is 2.40. The Bertz CT molecular complexity index is 301. The van der Waals surface area contributed by atoms with Crippen LogP contribution in [0.2, 0.25) is 5.02 Å². The van der Waals surface area contributed by atoms with Gasteiger partial charge in [0.05, 0.1) is 0 Å². The molecule has 76 valence electrons. The Morgan fingerprint density at radius 1 is 1.36 bits per heavy atom. The van der Waals surface area contributed by atoms with Crippen LogP contribution in [0.5, 0.6) is 0 Å². The second kappa shape index (κ2) is 5.84. The van der Waals surface area contributed by atoms with Crippen LogP contribution in [0.15, 0.2) is 30.3 Å². The van der Waals surface area contributed by atoms with Crippen molar-refractivity contribution in [3.63, 3.8) is 0 Å². The van der Waals surface area contributed by atoms with Crippen molar-refractivity contribution < 1.29 is 0 Å². The summed E-state index contributed by atoms with van der Waals surface area (Å²) in [5.74, 6) is 0. The largest absolute Gasteiger partial charge is 0.319 e. The Balaban J connectivity index is 2.64. The first-order valence-corrected chi connectivity index (χ1v) is 5.19. The second-order valence-corrected chi connectivity index (χ2v) is 3.72. The third-order valence-electron chi connectivity index (χ3n) is 2.14. The van der Waals surface area contributed by atoms with E-state index >= 15 is 0 Å². The van der Waals surface area contributed by atoms with Crippen LogP contribution in [0.3, 0.4) is 0 Å². The first-order valence-electron chi connectivity index (χ1n) is 4.81. The molecule has 1 rings (SSSR count). The van der Waals surface area contributed by atoms with Gasteiger partial charge in [-0.25, -0.2) is 0 Å². The molecule has 1 N–H and O–H groups in total. The van der Waals surface area contributed by atoms with Gasteiger partial charge < -0.3 is 5.32 Å². The first-order chi connectivity index (χ1) is 6.74. The number of benzene rings is 1. The van der Waals surface area contributed by atoms with E-state index in [1.807, 2.05) is 31.3 Å². The Morgan fingerprint density at radius 2 is 2.00 bits per heavy atom. The third kappa shape index (κ3) is 3.52. The number of allylic oxidation sites excluding steroid dienone is 1. The number of halogens is 1. The maximum atomic E-state index is 5.81. The fourth-order valence-corrected chi connectivity index (χ4v) is 1.39. The molecule has 0 saturated carbocycles. The lowest BCUT2D eigenvalue weighted by atomic mass is 10.1. The summed E-state index contributed by atoms with van der Waals surface area (Å²) < 4.78 is 0. The van der Waals surface area contributed by atoms with Crippen molar-refractivity contribution in [2.45, 2.75) is 13.3 Å². The highest BCUT2D eigenvalue weighted by atomic mass is 35.5. The highest BCUT2D eigenvalue weighted by Crippen LogP contribution is 2.17. The molecule has 0 atom stereocenters. The predicted molar refractivity (Wildman–Crippen MR) is 63.6 cm³/mol. The van der Waals surface area contributed by atoms with Gasteiger partial charge in [0.25, 0.3) is 0 Å². The number of hydrogen-bond donors (Lipinski definition) is 1. The number of nitrogens with one attached hydrogen (secondary N) is 1. The zero-order valence-corrected chi connectivity index (χ0v) is 9.43. The van der Waals surface area contributed by atoms with E-state index in [9.17, 15) is 0 Å². The molecule has 0 heterocycles. The molecule has 2 heteroatoms.